The Hall–Kier alpha value is -2.67. The van der Waals surface area contributed by atoms with Crippen LogP contribution >= 0.6 is 0 Å². The van der Waals surface area contributed by atoms with Gasteiger partial charge in [0.05, 0.1) is 6.61 Å². The second-order valence-electron chi connectivity index (χ2n) is 6.32. The van der Waals surface area contributed by atoms with Gasteiger partial charge in [0.2, 0.25) is 5.91 Å². The first-order chi connectivity index (χ1) is 12.8. The molecule has 0 aromatic heterocycles. The summed E-state index contributed by atoms with van der Waals surface area (Å²) in [5.74, 6) is -0.105. The molecule has 7 heteroatoms. The molecule has 2 rings (SSSR count). The lowest BCUT2D eigenvalue weighted by atomic mass is 9.91. The molecule has 2 aromatic carbocycles. The van der Waals surface area contributed by atoms with Crippen molar-refractivity contribution < 1.29 is 23.0 Å². The summed E-state index contributed by atoms with van der Waals surface area (Å²) in [4.78, 5) is 14.3. The Morgan fingerprint density at radius 1 is 1.19 bits per heavy atom. The molecule has 0 bridgehead atoms. The number of halogens is 2. The normalized spacial score (nSPS) is 13.1. The van der Waals surface area contributed by atoms with E-state index in [9.17, 15) is 13.6 Å². The predicted molar refractivity (Wildman–Crippen MR) is 98.7 cm³/mol. The summed E-state index contributed by atoms with van der Waals surface area (Å²) in [5, 5.41) is 0. The second-order valence-corrected chi connectivity index (χ2v) is 6.32. The highest BCUT2D eigenvalue weighted by atomic mass is 19.3. The minimum absolute atomic E-state index is 0.0440. The van der Waals surface area contributed by atoms with Crippen molar-refractivity contribution in [2.75, 3.05) is 13.7 Å². The van der Waals surface area contributed by atoms with Crippen molar-refractivity contribution in [1.82, 2.24) is 4.90 Å². The number of ether oxygens (including phenoxy) is 2. The number of hydrogen-bond donors (Lipinski definition) is 1. The van der Waals surface area contributed by atoms with Crippen molar-refractivity contribution in [3.63, 3.8) is 0 Å². The molecule has 146 valence electrons. The van der Waals surface area contributed by atoms with Gasteiger partial charge in [0.15, 0.2) is 11.5 Å². The van der Waals surface area contributed by atoms with Gasteiger partial charge in [-0.25, -0.2) is 0 Å². The van der Waals surface area contributed by atoms with Crippen molar-refractivity contribution in [1.29, 1.82) is 0 Å². The van der Waals surface area contributed by atoms with E-state index in [4.69, 9.17) is 10.5 Å². The Morgan fingerprint density at radius 2 is 1.85 bits per heavy atom. The lowest BCUT2D eigenvalue weighted by molar-refractivity contribution is -0.136. The summed E-state index contributed by atoms with van der Waals surface area (Å²) < 4.78 is 34.8. The van der Waals surface area contributed by atoms with E-state index < -0.39 is 12.2 Å². The smallest absolute Gasteiger partial charge is 0.387 e. The number of likely N-dealkylation sites (N-methyl/N-ethyl adjacent to an activating group) is 1. The van der Waals surface area contributed by atoms with Crippen LogP contribution in [0.15, 0.2) is 48.5 Å². The molecule has 0 saturated heterocycles. The number of nitrogens with two attached hydrogens (primary N) is 1. The molecule has 2 N–H and O–H groups in total. The molecule has 5 nitrogen and oxygen atoms in total. The highest BCUT2D eigenvalue weighted by Crippen LogP contribution is 2.30. The van der Waals surface area contributed by atoms with Gasteiger partial charge >= 0.3 is 6.61 Å². The van der Waals surface area contributed by atoms with E-state index >= 15 is 0 Å². The number of carbonyl (C=O) groups excluding carboxylic acids is 1. The van der Waals surface area contributed by atoms with Crippen LogP contribution in [0.4, 0.5) is 8.78 Å². The molecule has 27 heavy (non-hydrogen) atoms. The third kappa shape index (κ3) is 5.17. The first kappa shape index (κ1) is 20.6. The van der Waals surface area contributed by atoms with Gasteiger partial charge in [0.25, 0.3) is 0 Å². The highest BCUT2D eigenvalue weighted by molar-refractivity contribution is 5.86. The van der Waals surface area contributed by atoms with Gasteiger partial charge in [-0.15, -0.1) is 0 Å². The zero-order chi connectivity index (χ0) is 20.0. The van der Waals surface area contributed by atoms with Gasteiger partial charge in [-0.2, -0.15) is 8.78 Å². The molecular formula is C20H24F2N2O3. The average molecular weight is 378 g/mol. The largest absolute Gasteiger partial charge is 0.490 e. The van der Waals surface area contributed by atoms with Crippen molar-refractivity contribution in [3.05, 3.63) is 59.7 Å². The molecular weight excluding hydrogens is 354 g/mol. The van der Waals surface area contributed by atoms with Crippen molar-refractivity contribution in [2.45, 2.75) is 32.5 Å². The van der Waals surface area contributed by atoms with Crippen molar-refractivity contribution in [2.24, 2.45) is 5.73 Å². The maximum atomic E-state index is 12.8. The number of hydrogen-bond acceptors (Lipinski definition) is 4. The van der Waals surface area contributed by atoms with Crippen LogP contribution in [0, 0.1) is 0 Å². The van der Waals surface area contributed by atoms with E-state index in [-0.39, 0.29) is 24.0 Å². The zero-order valence-corrected chi connectivity index (χ0v) is 15.6. The summed E-state index contributed by atoms with van der Waals surface area (Å²) in [6.45, 7) is 1.00. The van der Waals surface area contributed by atoms with Crippen LogP contribution in [-0.2, 0) is 16.9 Å². The average Bonchev–Trinajstić information content (AvgIpc) is 2.63. The third-order valence-electron chi connectivity index (χ3n) is 4.11. The molecule has 0 aliphatic heterocycles. The van der Waals surface area contributed by atoms with Gasteiger partial charge in [0, 0.05) is 13.6 Å². The molecule has 0 spiro atoms. The number of benzene rings is 2. The standard InChI is InChI=1S/C20H24F2N2O3/c1-4-26-17-12-14(10-11-16(17)27-19(21)22)13-24(3)18(25)20(2,23)15-8-6-5-7-9-15/h5-12,19H,4,13,23H2,1-3H3. The van der Waals surface area contributed by atoms with Gasteiger partial charge < -0.3 is 20.1 Å². The van der Waals surface area contributed by atoms with E-state index in [0.717, 1.165) is 0 Å². The highest BCUT2D eigenvalue weighted by Gasteiger charge is 2.33. The Kier molecular flexibility index (Phi) is 6.74. The van der Waals surface area contributed by atoms with Crippen LogP contribution in [0.2, 0.25) is 0 Å². The molecule has 2 aromatic rings. The number of amides is 1. The molecule has 1 unspecified atom stereocenters. The maximum Gasteiger partial charge on any atom is 0.387 e. The SMILES string of the molecule is CCOc1cc(CN(C)C(=O)C(C)(N)c2ccccc2)ccc1OC(F)F. The molecule has 0 fully saturated rings. The van der Waals surface area contributed by atoms with E-state index in [2.05, 4.69) is 4.74 Å². The number of nitrogens with zero attached hydrogens (tertiary/aromatic N) is 1. The maximum absolute atomic E-state index is 12.8. The zero-order valence-electron chi connectivity index (χ0n) is 15.6. The number of alkyl halides is 2. The van der Waals surface area contributed by atoms with Gasteiger partial charge in [0.1, 0.15) is 5.54 Å². The lowest BCUT2D eigenvalue weighted by Gasteiger charge is -2.30. The second kappa shape index (κ2) is 8.81. The van der Waals surface area contributed by atoms with E-state index in [1.807, 2.05) is 18.2 Å². The van der Waals surface area contributed by atoms with Gasteiger partial charge in [-0.3, -0.25) is 4.79 Å². The van der Waals surface area contributed by atoms with Crippen molar-refractivity contribution >= 4 is 5.91 Å². The molecule has 1 atom stereocenters. The monoisotopic (exact) mass is 378 g/mol. The molecule has 1 amide bonds. The van der Waals surface area contributed by atoms with Crippen LogP contribution in [0.25, 0.3) is 0 Å². The van der Waals surface area contributed by atoms with E-state index in [1.54, 1.807) is 45.2 Å². The lowest BCUT2D eigenvalue weighted by Crippen LogP contribution is -2.49. The molecule has 0 radical (unpaired) electrons. The van der Waals surface area contributed by atoms with Gasteiger partial charge in [-0.1, -0.05) is 36.4 Å². The topological polar surface area (TPSA) is 64.8 Å². The Balaban J connectivity index is 2.18. The summed E-state index contributed by atoms with van der Waals surface area (Å²) in [5.41, 5.74) is 6.50. The minimum atomic E-state index is -2.94. The van der Waals surface area contributed by atoms with Crippen LogP contribution < -0.4 is 15.2 Å². The minimum Gasteiger partial charge on any atom is -0.490 e. The Morgan fingerprint density at radius 3 is 2.44 bits per heavy atom. The number of carbonyl (C=O) groups is 1. The van der Waals surface area contributed by atoms with E-state index in [1.165, 1.54) is 11.0 Å². The first-order valence-electron chi connectivity index (χ1n) is 8.56. The van der Waals surface area contributed by atoms with Crippen LogP contribution in [0.5, 0.6) is 11.5 Å². The Bertz CT molecular complexity index is 767. The fraction of sp³-hybridized carbons (Fsp3) is 0.350. The Labute approximate surface area is 157 Å². The predicted octanol–water partition coefficient (Wildman–Crippen LogP) is 3.52. The van der Waals surface area contributed by atoms with Crippen molar-refractivity contribution in [3.8, 4) is 11.5 Å². The van der Waals surface area contributed by atoms with Crippen LogP contribution in [0.1, 0.15) is 25.0 Å². The molecule has 0 aliphatic carbocycles. The first-order valence-corrected chi connectivity index (χ1v) is 8.56. The van der Waals surface area contributed by atoms with Gasteiger partial charge in [-0.05, 0) is 37.1 Å². The quantitative estimate of drug-likeness (QED) is 0.763. The van der Waals surface area contributed by atoms with E-state index in [0.29, 0.717) is 17.7 Å². The molecule has 0 saturated carbocycles. The van der Waals surface area contributed by atoms with Crippen LogP contribution in [-0.4, -0.2) is 31.1 Å². The molecule has 0 aliphatic rings. The van der Waals surface area contributed by atoms with Crippen LogP contribution in [0.3, 0.4) is 0 Å². The fourth-order valence-electron chi connectivity index (χ4n) is 2.76. The summed E-state index contributed by atoms with van der Waals surface area (Å²) in [7, 11) is 1.64. The fourth-order valence-corrected chi connectivity index (χ4v) is 2.76. The summed E-state index contributed by atoms with van der Waals surface area (Å²) in [6.07, 6.45) is 0. The molecule has 0 heterocycles. The number of rotatable bonds is 8. The third-order valence-corrected chi connectivity index (χ3v) is 4.11. The summed E-state index contributed by atoms with van der Waals surface area (Å²) >= 11 is 0. The summed E-state index contributed by atoms with van der Waals surface area (Å²) in [6, 6.07) is 13.7.